The van der Waals surface area contributed by atoms with Gasteiger partial charge in [-0.2, -0.15) is 0 Å². The maximum Gasteiger partial charge on any atom is 0.206 e. The Morgan fingerprint density at radius 1 is 1.09 bits per heavy atom. The molecule has 0 atom stereocenters. The second-order valence-corrected chi connectivity index (χ2v) is 5.74. The lowest BCUT2D eigenvalue weighted by molar-refractivity contribution is 0.277. The quantitative estimate of drug-likeness (QED) is 0.693. The van der Waals surface area contributed by atoms with Gasteiger partial charge in [-0.25, -0.2) is 4.98 Å². The molecule has 4 nitrogen and oxygen atoms in total. The fraction of sp³-hybridized carbons (Fsp3) is 0.278. The van der Waals surface area contributed by atoms with E-state index in [2.05, 4.69) is 20.9 Å². The summed E-state index contributed by atoms with van der Waals surface area (Å²) in [6, 6.07) is 7.86. The molecule has 3 rings (SSSR count). The predicted octanol–water partition coefficient (Wildman–Crippen LogP) is 4.95. The van der Waals surface area contributed by atoms with Crippen LogP contribution in [-0.2, 0) is 10.1 Å². The summed E-state index contributed by atoms with van der Waals surface area (Å²) in [5, 5.41) is 0.586. The third-order valence-corrected chi connectivity index (χ3v) is 4.29. The maximum atomic E-state index is 5.96. The minimum absolute atomic E-state index is 0.586. The summed E-state index contributed by atoms with van der Waals surface area (Å²) in [5.41, 5.74) is 3.01. The van der Waals surface area contributed by atoms with Crippen molar-refractivity contribution in [1.82, 2.24) is 4.98 Å². The fourth-order valence-electron chi connectivity index (χ4n) is 2.56. The van der Waals surface area contributed by atoms with Gasteiger partial charge in [0, 0.05) is 12.0 Å². The Bertz CT molecular complexity index is 744. The molecule has 0 fully saturated rings. The highest BCUT2D eigenvalue weighted by Crippen LogP contribution is 2.35. The fourth-order valence-corrected chi connectivity index (χ4v) is 2.80. The van der Waals surface area contributed by atoms with Crippen LogP contribution in [0, 0.1) is 0 Å². The molecule has 1 aromatic carbocycles. The minimum atomic E-state index is 0.586. The molecule has 0 unspecified atom stereocenters. The molecule has 0 amide bonds. The van der Waals surface area contributed by atoms with E-state index in [-0.39, 0.29) is 0 Å². The standard InChI is InChI=1S/C18H18BrNO3/c1-21-14-7-3-12(4-8-14)17-18(23-16(11-19)20-17)13-5-9-15(22-2)10-6-13/h3-5,7-9H,6,10-11H2,1-2H3. The highest BCUT2D eigenvalue weighted by atomic mass is 79.9. The van der Waals surface area contributed by atoms with Gasteiger partial charge in [-0.15, -0.1) is 0 Å². The average molecular weight is 376 g/mol. The maximum absolute atomic E-state index is 5.96. The van der Waals surface area contributed by atoms with E-state index in [1.807, 2.05) is 36.4 Å². The second kappa shape index (κ2) is 7.04. The van der Waals surface area contributed by atoms with Crippen LogP contribution in [0.25, 0.3) is 16.8 Å². The summed E-state index contributed by atoms with van der Waals surface area (Å²) in [7, 11) is 3.36. The molecular weight excluding hydrogens is 358 g/mol. The SMILES string of the molecule is COC1=CC=C(c2oc(CBr)nc2-c2ccc(OC)cc2)CC1. The third kappa shape index (κ3) is 3.34. The Morgan fingerprint density at radius 2 is 1.87 bits per heavy atom. The van der Waals surface area contributed by atoms with Crippen LogP contribution < -0.4 is 4.74 Å². The van der Waals surface area contributed by atoms with Crippen LogP contribution in [0.5, 0.6) is 5.75 Å². The Morgan fingerprint density at radius 3 is 2.43 bits per heavy atom. The molecule has 23 heavy (non-hydrogen) atoms. The summed E-state index contributed by atoms with van der Waals surface area (Å²) in [5.74, 6) is 3.31. The van der Waals surface area contributed by atoms with Gasteiger partial charge in [0.1, 0.15) is 11.4 Å². The zero-order chi connectivity index (χ0) is 16.2. The molecule has 120 valence electrons. The zero-order valence-electron chi connectivity index (χ0n) is 13.1. The highest BCUT2D eigenvalue weighted by Gasteiger charge is 2.20. The number of hydrogen-bond acceptors (Lipinski definition) is 4. The van der Waals surface area contributed by atoms with E-state index in [0.717, 1.165) is 46.9 Å². The van der Waals surface area contributed by atoms with Crippen molar-refractivity contribution in [2.75, 3.05) is 14.2 Å². The van der Waals surface area contributed by atoms with Crippen molar-refractivity contribution >= 4 is 21.5 Å². The van der Waals surface area contributed by atoms with Gasteiger partial charge in [0.2, 0.25) is 5.89 Å². The van der Waals surface area contributed by atoms with Crippen molar-refractivity contribution in [3.05, 3.63) is 53.8 Å². The van der Waals surface area contributed by atoms with E-state index in [9.17, 15) is 0 Å². The number of alkyl halides is 1. The Labute approximate surface area is 143 Å². The molecular formula is C18H18BrNO3. The van der Waals surface area contributed by atoms with Gasteiger partial charge in [0.25, 0.3) is 0 Å². The lowest BCUT2D eigenvalue weighted by atomic mass is 9.98. The highest BCUT2D eigenvalue weighted by molar-refractivity contribution is 9.08. The van der Waals surface area contributed by atoms with Crippen molar-refractivity contribution in [2.24, 2.45) is 0 Å². The molecule has 0 N–H and O–H groups in total. The molecule has 1 aliphatic carbocycles. The Kier molecular flexibility index (Phi) is 4.86. The molecule has 0 saturated carbocycles. The molecule has 1 aromatic heterocycles. The van der Waals surface area contributed by atoms with Crippen molar-refractivity contribution in [3.8, 4) is 17.0 Å². The lowest BCUT2D eigenvalue weighted by Crippen LogP contribution is -1.96. The molecule has 0 saturated heterocycles. The molecule has 5 heteroatoms. The van der Waals surface area contributed by atoms with Crippen molar-refractivity contribution in [3.63, 3.8) is 0 Å². The van der Waals surface area contributed by atoms with Crippen molar-refractivity contribution < 1.29 is 13.9 Å². The molecule has 1 aliphatic rings. The number of aromatic nitrogens is 1. The first-order valence-electron chi connectivity index (χ1n) is 7.39. The van der Waals surface area contributed by atoms with E-state index >= 15 is 0 Å². The van der Waals surface area contributed by atoms with Gasteiger partial charge in [0.15, 0.2) is 5.76 Å². The summed E-state index contributed by atoms with van der Waals surface area (Å²) >= 11 is 3.42. The van der Waals surface area contributed by atoms with Gasteiger partial charge < -0.3 is 13.9 Å². The molecule has 1 heterocycles. The number of hydrogen-bond donors (Lipinski definition) is 0. The van der Waals surface area contributed by atoms with Crippen LogP contribution in [0.2, 0.25) is 0 Å². The largest absolute Gasteiger partial charge is 0.501 e. The van der Waals surface area contributed by atoms with Crippen LogP contribution in [0.1, 0.15) is 24.5 Å². The van der Waals surface area contributed by atoms with Gasteiger partial charge in [-0.1, -0.05) is 22.0 Å². The number of oxazole rings is 1. The van der Waals surface area contributed by atoms with E-state index in [1.165, 1.54) is 0 Å². The van der Waals surface area contributed by atoms with E-state index in [4.69, 9.17) is 13.9 Å². The van der Waals surface area contributed by atoms with Crippen LogP contribution in [0.4, 0.5) is 0 Å². The van der Waals surface area contributed by atoms with Crippen LogP contribution in [-0.4, -0.2) is 19.2 Å². The average Bonchev–Trinajstić information content (AvgIpc) is 3.06. The van der Waals surface area contributed by atoms with E-state index in [1.54, 1.807) is 14.2 Å². The Balaban J connectivity index is 2.02. The number of methoxy groups -OCH3 is 2. The monoisotopic (exact) mass is 375 g/mol. The number of nitrogens with zero attached hydrogens (tertiary/aromatic N) is 1. The lowest BCUT2D eigenvalue weighted by Gasteiger charge is -2.13. The van der Waals surface area contributed by atoms with Gasteiger partial charge in [-0.05, 0) is 42.3 Å². The number of benzene rings is 1. The first-order chi connectivity index (χ1) is 11.2. The molecule has 0 bridgehead atoms. The van der Waals surface area contributed by atoms with Crippen molar-refractivity contribution in [1.29, 1.82) is 0 Å². The summed E-state index contributed by atoms with van der Waals surface area (Å²) in [6.45, 7) is 0. The predicted molar refractivity (Wildman–Crippen MR) is 93.4 cm³/mol. The smallest absolute Gasteiger partial charge is 0.206 e. The Hall–Kier alpha value is -2.01. The van der Waals surface area contributed by atoms with Gasteiger partial charge in [0.05, 0.1) is 25.3 Å². The van der Waals surface area contributed by atoms with Crippen LogP contribution in [0.15, 0.2) is 46.6 Å². The van der Waals surface area contributed by atoms with Crippen molar-refractivity contribution in [2.45, 2.75) is 18.2 Å². The minimum Gasteiger partial charge on any atom is -0.501 e. The molecule has 0 aliphatic heterocycles. The number of rotatable bonds is 5. The van der Waals surface area contributed by atoms with Crippen LogP contribution in [0.3, 0.4) is 0 Å². The normalized spacial score (nSPS) is 14.2. The summed E-state index contributed by atoms with van der Waals surface area (Å²) in [6.07, 6.45) is 5.79. The van der Waals surface area contributed by atoms with Gasteiger partial charge in [-0.3, -0.25) is 0 Å². The topological polar surface area (TPSA) is 44.5 Å². The molecule has 2 aromatic rings. The van der Waals surface area contributed by atoms with E-state index in [0.29, 0.717) is 11.2 Å². The number of ether oxygens (including phenoxy) is 2. The van der Waals surface area contributed by atoms with E-state index < -0.39 is 0 Å². The third-order valence-electron chi connectivity index (χ3n) is 3.81. The van der Waals surface area contributed by atoms with Gasteiger partial charge >= 0.3 is 0 Å². The zero-order valence-corrected chi connectivity index (χ0v) is 14.7. The summed E-state index contributed by atoms with van der Waals surface area (Å²) in [4.78, 5) is 4.62. The summed E-state index contributed by atoms with van der Waals surface area (Å²) < 4.78 is 16.5. The first kappa shape index (κ1) is 15.9. The number of halogens is 1. The molecule has 0 radical (unpaired) electrons. The number of allylic oxidation sites excluding steroid dienone is 4. The first-order valence-corrected chi connectivity index (χ1v) is 8.51. The second-order valence-electron chi connectivity index (χ2n) is 5.18. The molecule has 0 spiro atoms. The van der Waals surface area contributed by atoms with Crippen LogP contribution >= 0.6 is 15.9 Å².